The monoisotopic (exact) mass is 588 g/mol. The fourth-order valence-electron chi connectivity index (χ4n) is 4.70. The van der Waals surface area contributed by atoms with E-state index >= 15 is 0 Å². The second-order valence-corrected chi connectivity index (χ2v) is 10.3. The second kappa shape index (κ2) is 11.4. The van der Waals surface area contributed by atoms with E-state index in [1.165, 1.54) is 25.4 Å². The SMILES string of the molecule is COc1cc(C(=O)N[C@H]2CCNC[C@H]2F)c(Cl)cc1Nc1ncc(Cl)c(Oc2cccc3c2C(=O)N(C)[C@H]3C)n1. The van der Waals surface area contributed by atoms with Crippen LogP contribution in [0.4, 0.5) is 16.0 Å². The first-order chi connectivity index (χ1) is 19.2. The maximum Gasteiger partial charge on any atom is 0.258 e. The zero-order chi connectivity index (χ0) is 28.6. The molecule has 3 N–H and O–H groups in total. The number of rotatable bonds is 7. The van der Waals surface area contributed by atoms with Gasteiger partial charge in [-0.3, -0.25) is 9.59 Å². The maximum atomic E-state index is 14.2. The number of hydrogen-bond acceptors (Lipinski definition) is 8. The molecule has 40 heavy (non-hydrogen) atoms. The van der Waals surface area contributed by atoms with Crippen molar-refractivity contribution in [2.24, 2.45) is 0 Å². The van der Waals surface area contributed by atoms with Gasteiger partial charge in [-0.05, 0) is 43.7 Å². The van der Waals surface area contributed by atoms with Crippen LogP contribution < -0.4 is 25.4 Å². The number of hydrogen-bond donors (Lipinski definition) is 3. The summed E-state index contributed by atoms with van der Waals surface area (Å²) in [5.41, 5.74) is 1.80. The van der Waals surface area contributed by atoms with E-state index in [0.717, 1.165) is 5.56 Å². The minimum absolute atomic E-state index is 0.0337. The summed E-state index contributed by atoms with van der Waals surface area (Å²) in [4.78, 5) is 35.9. The second-order valence-electron chi connectivity index (χ2n) is 9.51. The van der Waals surface area contributed by atoms with Gasteiger partial charge in [0.2, 0.25) is 11.8 Å². The number of nitrogens with zero attached hydrogens (tertiary/aromatic N) is 3. The van der Waals surface area contributed by atoms with Gasteiger partial charge in [-0.15, -0.1) is 0 Å². The van der Waals surface area contributed by atoms with E-state index in [0.29, 0.717) is 30.0 Å². The Labute approximate surface area is 240 Å². The van der Waals surface area contributed by atoms with Crippen LogP contribution in [0.1, 0.15) is 45.7 Å². The molecule has 2 aliphatic heterocycles. The number of ether oxygens (including phenoxy) is 2. The lowest BCUT2D eigenvalue weighted by molar-refractivity contribution is 0.0782. The van der Waals surface area contributed by atoms with Crippen molar-refractivity contribution in [2.45, 2.75) is 31.6 Å². The highest BCUT2D eigenvalue weighted by Gasteiger charge is 2.34. The molecule has 0 aliphatic carbocycles. The van der Waals surface area contributed by atoms with Crippen molar-refractivity contribution in [3.63, 3.8) is 0 Å². The normalized spacial score (nSPS) is 20.2. The first kappa shape index (κ1) is 27.9. The lowest BCUT2D eigenvalue weighted by atomic mass is 10.0. The zero-order valence-electron chi connectivity index (χ0n) is 21.9. The summed E-state index contributed by atoms with van der Waals surface area (Å²) in [6, 6.07) is 7.60. The van der Waals surface area contributed by atoms with E-state index < -0.39 is 18.1 Å². The summed E-state index contributed by atoms with van der Waals surface area (Å²) >= 11 is 12.8. The molecule has 2 amide bonds. The van der Waals surface area contributed by atoms with Crippen molar-refractivity contribution in [3.05, 3.63) is 63.3 Å². The van der Waals surface area contributed by atoms with Gasteiger partial charge in [-0.2, -0.15) is 4.98 Å². The molecule has 0 saturated carbocycles. The molecule has 1 saturated heterocycles. The zero-order valence-corrected chi connectivity index (χ0v) is 23.4. The highest BCUT2D eigenvalue weighted by atomic mass is 35.5. The number of carbonyl (C=O) groups excluding carboxylic acids is 2. The number of benzene rings is 2. The third kappa shape index (κ3) is 5.36. The van der Waals surface area contributed by atoms with E-state index in [4.69, 9.17) is 32.7 Å². The van der Waals surface area contributed by atoms with E-state index in [1.807, 2.05) is 13.0 Å². The number of piperidine rings is 1. The molecule has 10 nitrogen and oxygen atoms in total. The molecule has 0 bridgehead atoms. The topological polar surface area (TPSA) is 118 Å². The van der Waals surface area contributed by atoms with Crippen LogP contribution in [0.15, 0.2) is 36.5 Å². The summed E-state index contributed by atoms with van der Waals surface area (Å²) in [6.45, 7) is 2.72. The maximum absolute atomic E-state index is 14.2. The van der Waals surface area contributed by atoms with Crippen LogP contribution in [0, 0.1) is 0 Å². The molecule has 0 spiro atoms. The number of nitrogens with one attached hydrogen (secondary N) is 3. The van der Waals surface area contributed by atoms with Crippen molar-refractivity contribution in [3.8, 4) is 17.4 Å². The van der Waals surface area contributed by atoms with Crippen LogP contribution in [0.3, 0.4) is 0 Å². The number of methoxy groups -OCH3 is 1. The fraction of sp³-hybridized carbons (Fsp3) is 0.333. The molecule has 0 unspecified atom stereocenters. The van der Waals surface area contributed by atoms with Gasteiger partial charge in [0.25, 0.3) is 11.8 Å². The van der Waals surface area contributed by atoms with Gasteiger partial charge in [0.05, 0.1) is 47.2 Å². The molecule has 3 heterocycles. The van der Waals surface area contributed by atoms with Gasteiger partial charge in [-0.25, -0.2) is 9.37 Å². The molecule has 2 aromatic carbocycles. The predicted octanol–water partition coefficient (Wildman–Crippen LogP) is 4.90. The molecule has 1 fully saturated rings. The van der Waals surface area contributed by atoms with Crippen LogP contribution in [0.25, 0.3) is 0 Å². The lowest BCUT2D eigenvalue weighted by Crippen LogP contribution is -2.50. The number of anilines is 2. The molecule has 1 aromatic heterocycles. The molecular formula is C27H27Cl2FN6O4. The smallest absolute Gasteiger partial charge is 0.258 e. The van der Waals surface area contributed by atoms with Crippen LogP contribution in [0.2, 0.25) is 10.0 Å². The van der Waals surface area contributed by atoms with Gasteiger partial charge in [0.1, 0.15) is 22.7 Å². The highest BCUT2D eigenvalue weighted by molar-refractivity contribution is 6.34. The summed E-state index contributed by atoms with van der Waals surface area (Å²) in [5.74, 6) is 0.0726. The Balaban J connectivity index is 1.38. The Bertz CT molecular complexity index is 1480. The Kier molecular flexibility index (Phi) is 7.97. The Morgan fingerprint density at radius 1 is 1.23 bits per heavy atom. The van der Waals surface area contributed by atoms with Gasteiger partial charge < -0.3 is 30.3 Å². The number of carbonyl (C=O) groups is 2. The van der Waals surface area contributed by atoms with Crippen LogP contribution >= 0.6 is 23.2 Å². The van der Waals surface area contributed by atoms with Crippen molar-refractivity contribution in [1.29, 1.82) is 0 Å². The molecule has 2 aliphatic rings. The molecule has 210 valence electrons. The van der Waals surface area contributed by atoms with Crippen molar-refractivity contribution in [1.82, 2.24) is 25.5 Å². The quantitative estimate of drug-likeness (QED) is 0.356. The molecular weight excluding hydrogens is 562 g/mol. The van der Waals surface area contributed by atoms with Gasteiger partial charge in [-0.1, -0.05) is 35.3 Å². The van der Waals surface area contributed by atoms with Gasteiger partial charge >= 0.3 is 0 Å². The number of alkyl halides is 1. The number of halogens is 3. The first-order valence-corrected chi connectivity index (χ1v) is 13.3. The van der Waals surface area contributed by atoms with Crippen LogP contribution in [-0.4, -0.2) is 66.1 Å². The van der Waals surface area contributed by atoms with E-state index in [9.17, 15) is 14.0 Å². The van der Waals surface area contributed by atoms with Crippen LogP contribution in [-0.2, 0) is 0 Å². The summed E-state index contributed by atoms with van der Waals surface area (Å²) in [7, 11) is 3.16. The van der Waals surface area contributed by atoms with E-state index in [-0.39, 0.29) is 51.7 Å². The lowest BCUT2D eigenvalue weighted by Gasteiger charge is -2.27. The van der Waals surface area contributed by atoms with Gasteiger partial charge in [0.15, 0.2) is 0 Å². The molecule has 5 rings (SSSR count). The van der Waals surface area contributed by atoms with E-state index in [1.54, 1.807) is 24.1 Å². The molecule has 3 atom stereocenters. The Morgan fingerprint density at radius 3 is 2.77 bits per heavy atom. The first-order valence-electron chi connectivity index (χ1n) is 12.6. The molecule has 0 radical (unpaired) electrons. The average Bonchev–Trinajstić information content (AvgIpc) is 3.16. The molecule has 13 heteroatoms. The third-order valence-electron chi connectivity index (χ3n) is 7.05. The number of fused-ring (bicyclic) bond motifs is 1. The predicted molar refractivity (Wildman–Crippen MR) is 149 cm³/mol. The Morgan fingerprint density at radius 2 is 2.02 bits per heavy atom. The standard InChI is InChI=1S/C27H27Cl2FN6O4/c1-13-14-5-4-6-21(23(14)26(38)36(13)2)40-25-17(29)11-32-27(35-25)34-20-10-16(28)15(9-22(20)39-3)24(37)33-19-7-8-31-12-18(19)30/h4-6,9-11,13,18-19,31H,7-8,12H2,1-3H3,(H,33,37)(H,32,34,35)/t13-,18+,19-/m0/s1. The molecule has 3 aromatic rings. The largest absolute Gasteiger partial charge is 0.495 e. The van der Waals surface area contributed by atoms with Crippen molar-refractivity contribution < 1.29 is 23.5 Å². The average molecular weight is 589 g/mol. The van der Waals surface area contributed by atoms with E-state index in [2.05, 4.69) is 25.9 Å². The summed E-state index contributed by atoms with van der Waals surface area (Å²) in [5, 5.41) is 8.92. The van der Waals surface area contributed by atoms with Crippen LogP contribution in [0.5, 0.6) is 17.4 Å². The minimum Gasteiger partial charge on any atom is -0.495 e. The summed E-state index contributed by atoms with van der Waals surface area (Å²) < 4.78 is 25.7. The number of amides is 2. The Hall–Kier alpha value is -3.67. The van der Waals surface area contributed by atoms with Crippen molar-refractivity contribution in [2.75, 3.05) is 32.6 Å². The minimum atomic E-state index is -1.20. The summed E-state index contributed by atoms with van der Waals surface area (Å²) in [6.07, 6.45) is 0.626. The fourth-order valence-corrected chi connectivity index (χ4v) is 5.08. The third-order valence-corrected chi connectivity index (χ3v) is 7.62. The van der Waals surface area contributed by atoms with Gasteiger partial charge in [0, 0.05) is 13.6 Å². The highest BCUT2D eigenvalue weighted by Crippen LogP contribution is 2.40. The number of aromatic nitrogens is 2. The van der Waals surface area contributed by atoms with Crippen molar-refractivity contribution >= 4 is 46.7 Å².